The van der Waals surface area contributed by atoms with Crippen molar-refractivity contribution in [3.8, 4) is 6.07 Å². The van der Waals surface area contributed by atoms with Crippen molar-refractivity contribution in [2.24, 2.45) is 5.92 Å². The van der Waals surface area contributed by atoms with Crippen LogP contribution in [0.15, 0.2) is 30.6 Å². The van der Waals surface area contributed by atoms with Crippen LogP contribution >= 0.6 is 0 Å². The first-order valence-corrected chi connectivity index (χ1v) is 5.73. The molecule has 0 N–H and O–H groups in total. The summed E-state index contributed by atoms with van der Waals surface area (Å²) < 4.78 is 6.70. The highest BCUT2D eigenvalue weighted by Crippen LogP contribution is 2.11. The molecule has 5 nitrogen and oxygen atoms in total. The van der Waals surface area contributed by atoms with Gasteiger partial charge >= 0.3 is 5.97 Å². The molecule has 1 unspecified atom stereocenters. The van der Waals surface area contributed by atoms with Crippen LogP contribution in [0.5, 0.6) is 0 Å². The van der Waals surface area contributed by atoms with E-state index in [1.54, 1.807) is 6.92 Å². The number of esters is 1. The molecule has 0 radical (unpaired) electrons. The average molecular weight is 243 g/mol. The molecule has 0 aliphatic heterocycles. The van der Waals surface area contributed by atoms with E-state index in [1.165, 1.54) is 0 Å². The lowest BCUT2D eigenvalue weighted by Gasteiger charge is -2.05. The Morgan fingerprint density at radius 3 is 3.11 bits per heavy atom. The third kappa shape index (κ3) is 2.48. The van der Waals surface area contributed by atoms with E-state index in [0.717, 1.165) is 5.65 Å². The average Bonchev–Trinajstić information content (AvgIpc) is 2.78. The third-order valence-electron chi connectivity index (χ3n) is 2.55. The van der Waals surface area contributed by atoms with Crippen LogP contribution in [-0.2, 0) is 16.0 Å². The zero-order valence-corrected chi connectivity index (χ0v) is 10.0. The second-order valence-corrected chi connectivity index (χ2v) is 3.84. The summed E-state index contributed by atoms with van der Waals surface area (Å²) in [7, 11) is 0. The molecular weight excluding hydrogens is 230 g/mol. The number of rotatable bonds is 4. The molecule has 2 heterocycles. The second-order valence-electron chi connectivity index (χ2n) is 3.84. The Hall–Kier alpha value is -2.35. The first-order chi connectivity index (χ1) is 8.74. The molecule has 0 amide bonds. The maximum Gasteiger partial charge on any atom is 0.323 e. The van der Waals surface area contributed by atoms with E-state index in [4.69, 9.17) is 10.00 Å². The molecular formula is C13H13N3O2. The van der Waals surface area contributed by atoms with Gasteiger partial charge in [0.1, 0.15) is 11.6 Å². The Balaban J connectivity index is 2.17. The maximum absolute atomic E-state index is 11.5. The third-order valence-corrected chi connectivity index (χ3v) is 2.55. The number of nitrogens with zero attached hydrogens (tertiary/aromatic N) is 3. The van der Waals surface area contributed by atoms with Gasteiger partial charge in [-0.1, -0.05) is 6.07 Å². The minimum absolute atomic E-state index is 0.275. The lowest BCUT2D eigenvalue weighted by atomic mass is 10.1. The molecule has 1 atom stereocenters. The summed E-state index contributed by atoms with van der Waals surface area (Å²) in [6.45, 7) is 2.00. The smallest absolute Gasteiger partial charge is 0.323 e. The molecule has 0 fully saturated rings. The Bertz CT molecular complexity index is 565. The van der Waals surface area contributed by atoms with Gasteiger partial charge in [-0.25, -0.2) is 4.98 Å². The number of aromatic nitrogens is 2. The minimum Gasteiger partial charge on any atom is -0.465 e. The summed E-state index contributed by atoms with van der Waals surface area (Å²) in [5.74, 6) is -1.29. The summed E-state index contributed by atoms with van der Waals surface area (Å²) in [6.07, 6.45) is 3.97. The molecule has 0 spiro atoms. The summed E-state index contributed by atoms with van der Waals surface area (Å²) >= 11 is 0. The molecule has 0 aliphatic carbocycles. The van der Waals surface area contributed by atoms with E-state index in [2.05, 4.69) is 4.98 Å². The summed E-state index contributed by atoms with van der Waals surface area (Å²) in [6, 6.07) is 7.61. The van der Waals surface area contributed by atoms with E-state index in [-0.39, 0.29) is 13.0 Å². The van der Waals surface area contributed by atoms with Crippen molar-refractivity contribution in [2.75, 3.05) is 6.61 Å². The van der Waals surface area contributed by atoms with Crippen LogP contribution in [0.3, 0.4) is 0 Å². The zero-order valence-electron chi connectivity index (χ0n) is 10.0. The van der Waals surface area contributed by atoms with E-state index in [1.807, 2.05) is 41.1 Å². The van der Waals surface area contributed by atoms with E-state index < -0.39 is 11.9 Å². The van der Waals surface area contributed by atoms with Gasteiger partial charge in [-0.2, -0.15) is 5.26 Å². The van der Waals surface area contributed by atoms with Crippen molar-refractivity contribution in [3.63, 3.8) is 0 Å². The highest BCUT2D eigenvalue weighted by Gasteiger charge is 2.20. The molecule has 0 saturated heterocycles. The number of nitriles is 1. The van der Waals surface area contributed by atoms with Gasteiger partial charge in [-0.3, -0.25) is 4.79 Å². The standard InChI is InChI=1S/C13H13N3O2/c1-2-18-13(17)10(8-14)7-11-9-16-6-4-3-5-12(16)15-11/h3-6,9-10H,2,7H2,1H3. The predicted molar refractivity (Wildman–Crippen MR) is 64.6 cm³/mol. The molecule has 0 aliphatic rings. The minimum atomic E-state index is -0.796. The predicted octanol–water partition coefficient (Wildman–Crippen LogP) is 1.58. The molecule has 18 heavy (non-hydrogen) atoms. The maximum atomic E-state index is 11.5. The SMILES string of the molecule is CCOC(=O)C(C#N)Cc1cn2ccccc2n1. The number of carbonyl (C=O) groups excluding carboxylic acids is 1. The number of hydrogen-bond acceptors (Lipinski definition) is 4. The fourth-order valence-corrected chi connectivity index (χ4v) is 1.72. The molecule has 92 valence electrons. The van der Waals surface area contributed by atoms with Crippen molar-refractivity contribution in [2.45, 2.75) is 13.3 Å². The van der Waals surface area contributed by atoms with Gasteiger partial charge in [-0.05, 0) is 19.1 Å². The van der Waals surface area contributed by atoms with Gasteiger partial charge < -0.3 is 9.14 Å². The van der Waals surface area contributed by atoms with Crippen LogP contribution in [0.2, 0.25) is 0 Å². The highest BCUT2D eigenvalue weighted by molar-refractivity contribution is 5.75. The molecule has 2 aromatic rings. The number of fused-ring (bicyclic) bond motifs is 1. The molecule has 0 aromatic carbocycles. The Kier molecular flexibility index (Phi) is 3.58. The van der Waals surface area contributed by atoms with Gasteiger partial charge in [0.15, 0.2) is 0 Å². The van der Waals surface area contributed by atoms with Gasteiger partial charge in [0, 0.05) is 18.8 Å². The van der Waals surface area contributed by atoms with Crippen molar-refractivity contribution >= 4 is 11.6 Å². The number of pyridine rings is 1. The molecule has 2 rings (SSSR count). The first kappa shape index (κ1) is 12.1. The van der Waals surface area contributed by atoms with Crippen LogP contribution in [0.4, 0.5) is 0 Å². The second kappa shape index (κ2) is 5.32. The quantitative estimate of drug-likeness (QED) is 0.764. The molecule has 0 bridgehead atoms. The van der Waals surface area contributed by atoms with Crippen molar-refractivity contribution in [1.82, 2.24) is 9.38 Å². The highest BCUT2D eigenvalue weighted by atomic mass is 16.5. The summed E-state index contributed by atoms with van der Waals surface area (Å²) in [4.78, 5) is 15.9. The molecule has 5 heteroatoms. The van der Waals surface area contributed by atoms with Crippen molar-refractivity contribution in [1.29, 1.82) is 5.26 Å². The largest absolute Gasteiger partial charge is 0.465 e. The van der Waals surface area contributed by atoms with E-state index in [9.17, 15) is 4.79 Å². The van der Waals surface area contributed by atoms with Crippen LogP contribution in [0.25, 0.3) is 5.65 Å². The number of ether oxygens (including phenoxy) is 1. The van der Waals surface area contributed by atoms with Gasteiger partial charge in [0.25, 0.3) is 0 Å². The molecule has 2 aromatic heterocycles. The first-order valence-electron chi connectivity index (χ1n) is 5.73. The Labute approximate surface area is 105 Å². The Morgan fingerprint density at radius 2 is 2.44 bits per heavy atom. The monoisotopic (exact) mass is 243 g/mol. The lowest BCUT2D eigenvalue weighted by Crippen LogP contribution is -2.18. The van der Waals surface area contributed by atoms with E-state index >= 15 is 0 Å². The normalized spacial score (nSPS) is 12.0. The van der Waals surface area contributed by atoms with Gasteiger partial charge in [-0.15, -0.1) is 0 Å². The van der Waals surface area contributed by atoms with Gasteiger partial charge in [0.2, 0.25) is 0 Å². The number of carbonyl (C=O) groups is 1. The van der Waals surface area contributed by atoms with Crippen molar-refractivity contribution < 1.29 is 9.53 Å². The van der Waals surface area contributed by atoms with Crippen LogP contribution in [0, 0.1) is 17.2 Å². The fraction of sp³-hybridized carbons (Fsp3) is 0.308. The van der Waals surface area contributed by atoms with E-state index in [0.29, 0.717) is 5.69 Å². The summed E-state index contributed by atoms with van der Waals surface area (Å²) in [5, 5.41) is 8.97. The van der Waals surface area contributed by atoms with Crippen molar-refractivity contribution in [3.05, 3.63) is 36.3 Å². The molecule has 0 saturated carbocycles. The van der Waals surface area contributed by atoms with Crippen LogP contribution in [0.1, 0.15) is 12.6 Å². The Morgan fingerprint density at radius 1 is 1.61 bits per heavy atom. The lowest BCUT2D eigenvalue weighted by molar-refractivity contribution is -0.145. The van der Waals surface area contributed by atoms with Gasteiger partial charge in [0.05, 0.1) is 18.4 Å². The summed E-state index contributed by atoms with van der Waals surface area (Å²) in [5.41, 5.74) is 1.51. The fourth-order valence-electron chi connectivity index (χ4n) is 1.72. The number of imidazole rings is 1. The number of hydrogen-bond donors (Lipinski definition) is 0. The van der Waals surface area contributed by atoms with Crippen LogP contribution < -0.4 is 0 Å². The zero-order chi connectivity index (χ0) is 13.0. The topological polar surface area (TPSA) is 67.4 Å². The van der Waals surface area contributed by atoms with Crippen LogP contribution in [-0.4, -0.2) is 22.0 Å².